The molecule has 0 radical (unpaired) electrons. The van der Waals surface area contributed by atoms with Gasteiger partial charge in [-0.2, -0.15) is 10.1 Å². The Morgan fingerprint density at radius 3 is 2.87 bits per heavy atom. The van der Waals surface area contributed by atoms with Crippen LogP contribution in [0.25, 0.3) is 0 Å². The molecule has 0 fully saturated rings. The fourth-order valence-corrected chi connectivity index (χ4v) is 2.84. The number of aromatic nitrogens is 6. The van der Waals surface area contributed by atoms with E-state index in [2.05, 4.69) is 40.9 Å². The van der Waals surface area contributed by atoms with Crippen molar-refractivity contribution >= 4 is 17.6 Å². The Balaban J connectivity index is 1.32. The van der Waals surface area contributed by atoms with E-state index in [1.54, 1.807) is 19.4 Å². The Kier molecular flexibility index (Phi) is 5.83. The summed E-state index contributed by atoms with van der Waals surface area (Å²) >= 11 is 0. The van der Waals surface area contributed by atoms with Crippen molar-refractivity contribution in [3.05, 3.63) is 65.4 Å². The first-order valence-electron chi connectivity index (χ1n) is 9.48. The van der Waals surface area contributed by atoms with Crippen molar-refractivity contribution in [2.75, 3.05) is 17.7 Å². The summed E-state index contributed by atoms with van der Waals surface area (Å²) in [6, 6.07) is 11.3. The Morgan fingerprint density at radius 1 is 1.10 bits per heavy atom. The molecule has 4 aromatic rings. The van der Waals surface area contributed by atoms with Crippen LogP contribution in [0.1, 0.15) is 22.8 Å². The van der Waals surface area contributed by atoms with Crippen LogP contribution in [-0.4, -0.2) is 37.4 Å². The van der Waals surface area contributed by atoms with E-state index in [0.29, 0.717) is 30.0 Å². The molecule has 0 bridgehead atoms. The highest BCUT2D eigenvalue weighted by molar-refractivity contribution is 5.53. The van der Waals surface area contributed by atoms with Gasteiger partial charge in [-0.3, -0.25) is 5.10 Å². The van der Waals surface area contributed by atoms with Gasteiger partial charge in [-0.25, -0.2) is 9.97 Å². The van der Waals surface area contributed by atoms with Gasteiger partial charge in [0.1, 0.15) is 5.82 Å². The molecule has 4 aromatic heterocycles. The molecule has 154 valence electrons. The van der Waals surface area contributed by atoms with Crippen LogP contribution in [0.4, 0.5) is 17.6 Å². The summed E-state index contributed by atoms with van der Waals surface area (Å²) in [6.07, 6.45) is 3.23. The molecule has 30 heavy (non-hydrogen) atoms. The van der Waals surface area contributed by atoms with Crippen molar-refractivity contribution in [2.24, 2.45) is 0 Å². The number of hydrogen-bond acceptors (Lipinski definition) is 9. The van der Waals surface area contributed by atoms with Crippen molar-refractivity contribution < 1.29 is 9.26 Å². The van der Waals surface area contributed by atoms with E-state index in [1.807, 2.05) is 37.3 Å². The van der Waals surface area contributed by atoms with Gasteiger partial charge in [-0.05, 0) is 31.9 Å². The molecule has 0 amide bonds. The van der Waals surface area contributed by atoms with Gasteiger partial charge >= 0.3 is 0 Å². The third kappa shape index (κ3) is 5.10. The number of nitrogens with one attached hydrogen (secondary N) is 3. The van der Waals surface area contributed by atoms with E-state index in [4.69, 9.17) is 9.26 Å². The molecule has 4 rings (SSSR count). The van der Waals surface area contributed by atoms with E-state index >= 15 is 0 Å². The van der Waals surface area contributed by atoms with Gasteiger partial charge in [0.25, 0.3) is 0 Å². The molecule has 4 heterocycles. The molecular formula is C20H22N8O2. The van der Waals surface area contributed by atoms with E-state index in [-0.39, 0.29) is 0 Å². The average molecular weight is 406 g/mol. The highest BCUT2D eigenvalue weighted by Gasteiger charge is 2.07. The quantitative estimate of drug-likeness (QED) is 0.384. The molecule has 0 saturated carbocycles. The zero-order valence-corrected chi connectivity index (χ0v) is 16.7. The van der Waals surface area contributed by atoms with Gasteiger partial charge in [0.2, 0.25) is 11.8 Å². The minimum Gasteiger partial charge on any atom is -0.481 e. The van der Waals surface area contributed by atoms with Crippen molar-refractivity contribution in [3.63, 3.8) is 0 Å². The van der Waals surface area contributed by atoms with E-state index in [1.165, 1.54) is 0 Å². The number of hydrogen-bond donors (Lipinski definition) is 3. The van der Waals surface area contributed by atoms with Crippen molar-refractivity contribution in [1.82, 2.24) is 30.3 Å². The Labute approximate surface area is 173 Å². The summed E-state index contributed by atoms with van der Waals surface area (Å²) in [5.41, 5.74) is 2.79. The molecule has 0 aliphatic heterocycles. The van der Waals surface area contributed by atoms with Crippen LogP contribution in [0, 0.1) is 6.92 Å². The maximum absolute atomic E-state index is 5.17. The molecule has 0 aromatic carbocycles. The lowest BCUT2D eigenvalue weighted by Crippen LogP contribution is -2.04. The number of aryl methyl sites for hydroxylation is 3. The van der Waals surface area contributed by atoms with Gasteiger partial charge in [0.05, 0.1) is 19.3 Å². The number of H-pyrrole nitrogens is 1. The summed E-state index contributed by atoms with van der Waals surface area (Å²) in [5.74, 6) is 3.13. The van der Waals surface area contributed by atoms with E-state index in [9.17, 15) is 0 Å². The van der Waals surface area contributed by atoms with Crippen LogP contribution in [0.15, 0.2) is 47.1 Å². The predicted octanol–water partition coefficient (Wildman–Crippen LogP) is 3.04. The maximum Gasteiger partial charge on any atom is 0.224 e. The highest BCUT2D eigenvalue weighted by atomic mass is 16.5. The van der Waals surface area contributed by atoms with Crippen LogP contribution in [0.3, 0.4) is 0 Å². The average Bonchev–Trinajstić information content (AvgIpc) is 3.40. The molecule has 0 spiro atoms. The standard InChI is InChI=1S/C20H22N8O2/c1-13-10-16(30-28-13)12-22-20-21-9-8-17(25-20)24-18-11-15(26-27-18)7-6-14-4-3-5-19(23-14)29-2/h3-5,8-11H,6-7,12H2,1-2H3,(H3,21,22,24,25,26,27). The summed E-state index contributed by atoms with van der Waals surface area (Å²) < 4.78 is 10.3. The normalized spacial score (nSPS) is 10.7. The number of nitrogens with zero attached hydrogens (tertiary/aromatic N) is 5. The van der Waals surface area contributed by atoms with Crippen LogP contribution in [-0.2, 0) is 19.4 Å². The predicted molar refractivity (Wildman–Crippen MR) is 111 cm³/mol. The lowest BCUT2D eigenvalue weighted by atomic mass is 10.2. The summed E-state index contributed by atoms with van der Waals surface area (Å²) in [5, 5.41) is 17.5. The highest BCUT2D eigenvalue weighted by Crippen LogP contribution is 2.16. The third-order valence-electron chi connectivity index (χ3n) is 4.28. The molecule has 0 saturated heterocycles. The SMILES string of the molecule is COc1cccc(CCc2cc(Nc3ccnc(NCc4cc(C)no4)n3)n[nH]2)n1. The summed E-state index contributed by atoms with van der Waals surface area (Å²) in [4.78, 5) is 13.1. The minimum atomic E-state index is 0.454. The van der Waals surface area contributed by atoms with Crippen molar-refractivity contribution in [3.8, 4) is 5.88 Å². The van der Waals surface area contributed by atoms with Crippen LogP contribution in [0.2, 0.25) is 0 Å². The fraction of sp³-hybridized carbons (Fsp3) is 0.250. The van der Waals surface area contributed by atoms with Crippen molar-refractivity contribution in [2.45, 2.75) is 26.3 Å². The van der Waals surface area contributed by atoms with Crippen LogP contribution in [0.5, 0.6) is 5.88 Å². The minimum absolute atomic E-state index is 0.454. The first-order chi connectivity index (χ1) is 14.7. The monoisotopic (exact) mass is 406 g/mol. The Bertz CT molecular complexity index is 1110. The molecular weight excluding hydrogens is 384 g/mol. The largest absolute Gasteiger partial charge is 0.481 e. The molecule has 0 aliphatic rings. The molecule has 0 unspecified atom stereocenters. The zero-order valence-electron chi connectivity index (χ0n) is 16.7. The number of anilines is 3. The number of pyridine rings is 1. The summed E-state index contributed by atoms with van der Waals surface area (Å²) in [7, 11) is 1.61. The lowest BCUT2D eigenvalue weighted by molar-refractivity contribution is 0.384. The maximum atomic E-state index is 5.17. The van der Waals surface area contributed by atoms with E-state index in [0.717, 1.165) is 35.7 Å². The first-order valence-corrected chi connectivity index (χ1v) is 9.48. The first kappa shape index (κ1) is 19.4. The Morgan fingerprint density at radius 2 is 2.03 bits per heavy atom. The molecule has 0 aliphatic carbocycles. The van der Waals surface area contributed by atoms with Gasteiger partial charge in [0, 0.05) is 35.8 Å². The van der Waals surface area contributed by atoms with Gasteiger partial charge in [-0.1, -0.05) is 11.2 Å². The van der Waals surface area contributed by atoms with Gasteiger partial charge in [-0.15, -0.1) is 0 Å². The third-order valence-corrected chi connectivity index (χ3v) is 4.28. The van der Waals surface area contributed by atoms with Gasteiger partial charge < -0.3 is 19.9 Å². The number of ether oxygens (including phenoxy) is 1. The summed E-state index contributed by atoms with van der Waals surface area (Å²) in [6.45, 7) is 2.33. The van der Waals surface area contributed by atoms with Crippen LogP contribution < -0.4 is 15.4 Å². The fourth-order valence-electron chi connectivity index (χ4n) is 2.84. The molecule has 10 heteroatoms. The lowest BCUT2D eigenvalue weighted by Gasteiger charge is -2.05. The second kappa shape index (κ2) is 9.03. The second-order valence-electron chi connectivity index (χ2n) is 6.63. The number of rotatable bonds is 9. The van der Waals surface area contributed by atoms with Gasteiger partial charge in [0.15, 0.2) is 11.6 Å². The van der Waals surface area contributed by atoms with Crippen LogP contribution >= 0.6 is 0 Å². The van der Waals surface area contributed by atoms with Crippen molar-refractivity contribution in [1.29, 1.82) is 0 Å². The molecule has 0 atom stereocenters. The zero-order chi connectivity index (χ0) is 20.8. The number of aromatic amines is 1. The molecule has 10 nitrogen and oxygen atoms in total. The number of methoxy groups -OCH3 is 1. The second-order valence-corrected chi connectivity index (χ2v) is 6.63. The van der Waals surface area contributed by atoms with E-state index < -0.39 is 0 Å². The topological polar surface area (TPSA) is 127 Å². The smallest absolute Gasteiger partial charge is 0.224 e. The molecule has 3 N–H and O–H groups in total. The Hall–Kier alpha value is -3.95.